The van der Waals surface area contributed by atoms with Crippen LogP contribution >= 0.6 is 0 Å². The number of hydrogen-bond donors (Lipinski definition) is 1. The van der Waals surface area contributed by atoms with Crippen LogP contribution in [0.25, 0.3) is 0 Å². The van der Waals surface area contributed by atoms with Crippen LogP contribution in [0.3, 0.4) is 0 Å². The third kappa shape index (κ3) is 4.99. The highest BCUT2D eigenvalue weighted by molar-refractivity contribution is 5.42. The maximum atomic E-state index is 11.3. The lowest BCUT2D eigenvalue weighted by Crippen LogP contribution is -2.35. The molecule has 0 radical (unpaired) electrons. The molecule has 1 aromatic heterocycles. The van der Waals surface area contributed by atoms with Gasteiger partial charge in [-0.2, -0.15) is 5.10 Å². The number of rotatable bonds is 6. The van der Waals surface area contributed by atoms with Crippen LogP contribution in [0.5, 0.6) is 0 Å². The lowest BCUT2D eigenvalue weighted by molar-refractivity contribution is 0.409. The van der Waals surface area contributed by atoms with Gasteiger partial charge < -0.3 is 9.80 Å². The zero-order valence-electron chi connectivity index (χ0n) is 11.1. The van der Waals surface area contributed by atoms with Crippen molar-refractivity contribution < 1.29 is 0 Å². The van der Waals surface area contributed by atoms with Crippen LogP contribution in [-0.2, 0) is 0 Å². The summed E-state index contributed by atoms with van der Waals surface area (Å²) in [6.45, 7) is 7.13. The van der Waals surface area contributed by atoms with Gasteiger partial charge in [-0.05, 0) is 20.0 Å². The van der Waals surface area contributed by atoms with E-state index in [1.165, 1.54) is 0 Å². The van der Waals surface area contributed by atoms with E-state index in [1.807, 2.05) is 14.1 Å². The van der Waals surface area contributed by atoms with E-state index in [-0.39, 0.29) is 5.56 Å². The van der Waals surface area contributed by atoms with Gasteiger partial charge in [0.1, 0.15) is 0 Å². The molecule has 0 spiro atoms. The van der Waals surface area contributed by atoms with Gasteiger partial charge in [0.15, 0.2) is 0 Å². The Morgan fingerprint density at radius 1 is 1.35 bits per heavy atom. The van der Waals surface area contributed by atoms with Gasteiger partial charge in [-0.25, -0.2) is 5.10 Å². The molecule has 5 heteroatoms. The molecule has 0 atom stereocenters. The molecule has 1 N–H and O–H groups in total. The smallest absolute Gasteiger partial charge is 0.266 e. The number of hydrogen-bond acceptors (Lipinski definition) is 4. The summed E-state index contributed by atoms with van der Waals surface area (Å²) in [7, 11) is 4.09. The van der Waals surface area contributed by atoms with Gasteiger partial charge in [0.25, 0.3) is 5.56 Å². The number of aromatic amines is 1. The van der Waals surface area contributed by atoms with Crippen molar-refractivity contribution in [2.24, 2.45) is 5.92 Å². The molecule has 0 fully saturated rings. The fourth-order valence-electron chi connectivity index (χ4n) is 1.63. The summed E-state index contributed by atoms with van der Waals surface area (Å²) in [6.07, 6.45) is 1.71. The quantitative estimate of drug-likeness (QED) is 0.796. The van der Waals surface area contributed by atoms with Crippen LogP contribution in [-0.4, -0.2) is 48.8 Å². The summed E-state index contributed by atoms with van der Waals surface area (Å²) in [5.74, 6) is 0.552. The van der Waals surface area contributed by atoms with E-state index in [0.717, 1.165) is 25.3 Å². The Morgan fingerprint density at radius 3 is 2.59 bits per heavy atom. The SMILES string of the molecule is CC(C)CN(CCN(C)C)c1cn[nH]c(=O)c1. The fourth-order valence-corrected chi connectivity index (χ4v) is 1.63. The van der Waals surface area contributed by atoms with Crippen molar-refractivity contribution in [2.75, 3.05) is 38.6 Å². The first-order chi connectivity index (χ1) is 7.99. The van der Waals surface area contributed by atoms with Crippen LogP contribution in [0.15, 0.2) is 17.1 Å². The molecule has 0 unspecified atom stereocenters. The molecule has 0 saturated carbocycles. The normalized spacial score (nSPS) is 11.2. The minimum Gasteiger partial charge on any atom is -0.369 e. The van der Waals surface area contributed by atoms with E-state index in [1.54, 1.807) is 12.3 Å². The summed E-state index contributed by atoms with van der Waals surface area (Å²) >= 11 is 0. The molecule has 0 amide bonds. The summed E-state index contributed by atoms with van der Waals surface area (Å²) in [5.41, 5.74) is 0.741. The Bertz CT molecular complexity index is 386. The summed E-state index contributed by atoms with van der Waals surface area (Å²) < 4.78 is 0. The number of nitrogens with zero attached hydrogens (tertiary/aromatic N) is 3. The second kappa shape index (κ2) is 6.39. The fraction of sp³-hybridized carbons (Fsp3) is 0.667. The van der Waals surface area contributed by atoms with Crippen molar-refractivity contribution in [1.82, 2.24) is 15.1 Å². The van der Waals surface area contributed by atoms with Crippen molar-refractivity contribution in [3.8, 4) is 0 Å². The number of H-pyrrole nitrogens is 1. The van der Waals surface area contributed by atoms with E-state index in [2.05, 4.69) is 33.8 Å². The van der Waals surface area contributed by atoms with Crippen LogP contribution in [0.1, 0.15) is 13.8 Å². The van der Waals surface area contributed by atoms with Crippen LogP contribution in [0.4, 0.5) is 5.69 Å². The molecule has 5 nitrogen and oxygen atoms in total. The highest BCUT2D eigenvalue weighted by Gasteiger charge is 2.09. The molecule has 17 heavy (non-hydrogen) atoms. The second-order valence-corrected chi connectivity index (χ2v) is 4.95. The molecule has 96 valence electrons. The molecule has 1 rings (SSSR count). The lowest BCUT2D eigenvalue weighted by atomic mass is 10.2. The third-order valence-corrected chi connectivity index (χ3v) is 2.42. The molecule has 0 aliphatic rings. The molecule has 1 aromatic rings. The Balaban J connectivity index is 2.78. The van der Waals surface area contributed by atoms with Gasteiger partial charge in [-0.3, -0.25) is 4.79 Å². The van der Waals surface area contributed by atoms with Gasteiger partial charge in [0.2, 0.25) is 0 Å². The maximum Gasteiger partial charge on any atom is 0.266 e. The topological polar surface area (TPSA) is 52.2 Å². The standard InChI is InChI=1S/C12H22N4O/c1-10(2)9-16(6-5-15(3)4)11-7-12(17)14-13-8-11/h7-8,10H,5-6,9H2,1-4H3,(H,14,17). The third-order valence-electron chi connectivity index (χ3n) is 2.42. The average Bonchev–Trinajstić information content (AvgIpc) is 2.23. The van der Waals surface area contributed by atoms with Crippen LogP contribution in [0.2, 0.25) is 0 Å². The Kier molecular flexibility index (Phi) is 5.15. The molecule has 1 heterocycles. The second-order valence-electron chi connectivity index (χ2n) is 4.95. The van der Waals surface area contributed by atoms with Crippen LogP contribution < -0.4 is 10.5 Å². The van der Waals surface area contributed by atoms with Crippen molar-refractivity contribution in [1.29, 1.82) is 0 Å². The van der Waals surface area contributed by atoms with Gasteiger partial charge in [-0.1, -0.05) is 13.8 Å². The van der Waals surface area contributed by atoms with Gasteiger partial charge in [0.05, 0.1) is 11.9 Å². The molecular weight excluding hydrogens is 216 g/mol. The molecule has 0 saturated heterocycles. The van der Waals surface area contributed by atoms with E-state index in [4.69, 9.17) is 0 Å². The zero-order valence-corrected chi connectivity index (χ0v) is 11.1. The zero-order chi connectivity index (χ0) is 12.8. The molecule has 0 aromatic carbocycles. The highest BCUT2D eigenvalue weighted by Crippen LogP contribution is 2.11. The van der Waals surface area contributed by atoms with Crippen molar-refractivity contribution in [3.63, 3.8) is 0 Å². The van der Waals surface area contributed by atoms with E-state index in [0.29, 0.717) is 5.92 Å². The van der Waals surface area contributed by atoms with E-state index >= 15 is 0 Å². The molecular formula is C12H22N4O. The lowest BCUT2D eigenvalue weighted by Gasteiger charge is -2.27. The minimum atomic E-state index is -0.152. The Hall–Kier alpha value is -1.36. The number of anilines is 1. The Labute approximate surface area is 102 Å². The maximum absolute atomic E-state index is 11.3. The summed E-state index contributed by atoms with van der Waals surface area (Å²) in [5, 5.41) is 6.25. The van der Waals surface area contributed by atoms with Crippen molar-refractivity contribution in [3.05, 3.63) is 22.6 Å². The molecule has 0 bridgehead atoms. The predicted molar refractivity (Wildman–Crippen MR) is 70.5 cm³/mol. The number of likely N-dealkylation sites (N-methyl/N-ethyl adjacent to an activating group) is 1. The first-order valence-electron chi connectivity index (χ1n) is 5.93. The van der Waals surface area contributed by atoms with Gasteiger partial charge >= 0.3 is 0 Å². The predicted octanol–water partition coefficient (Wildman–Crippen LogP) is 0.794. The largest absolute Gasteiger partial charge is 0.369 e. The first-order valence-corrected chi connectivity index (χ1v) is 5.93. The highest BCUT2D eigenvalue weighted by atomic mass is 16.1. The van der Waals surface area contributed by atoms with Crippen molar-refractivity contribution in [2.45, 2.75) is 13.8 Å². The minimum absolute atomic E-state index is 0.152. The van der Waals surface area contributed by atoms with E-state index in [9.17, 15) is 4.79 Å². The van der Waals surface area contributed by atoms with E-state index < -0.39 is 0 Å². The molecule has 0 aliphatic heterocycles. The van der Waals surface area contributed by atoms with Crippen molar-refractivity contribution >= 4 is 5.69 Å². The molecule has 0 aliphatic carbocycles. The monoisotopic (exact) mass is 238 g/mol. The average molecular weight is 238 g/mol. The summed E-state index contributed by atoms with van der Waals surface area (Å²) in [6, 6.07) is 1.60. The summed E-state index contributed by atoms with van der Waals surface area (Å²) in [4.78, 5) is 15.6. The Morgan fingerprint density at radius 2 is 2.06 bits per heavy atom. The van der Waals surface area contributed by atoms with Gasteiger partial charge in [0, 0.05) is 25.7 Å². The van der Waals surface area contributed by atoms with Gasteiger partial charge in [-0.15, -0.1) is 0 Å². The number of nitrogens with one attached hydrogen (secondary N) is 1. The van der Waals surface area contributed by atoms with Crippen LogP contribution in [0, 0.1) is 5.92 Å². The number of aromatic nitrogens is 2. The first kappa shape index (κ1) is 13.7.